The fraction of sp³-hybridized carbons (Fsp3) is 1.00. The van der Waals surface area contributed by atoms with Crippen molar-refractivity contribution in [2.24, 2.45) is 0 Å². The quantitative estimate of drug-likeness (QED) is 0.275. The second-order valence-corrected chi connectivity index (χ2v) is 3.27. The molecule has 6 N–H and O–H groups in total. The third kappa shape index (κ3) is 1.75. The van der Waals surface area contributed by atoms with E-state index in [2.05, 4.69) is 4.74 Å². The van der Waals surface area contributed by atoms with Crippen LogP contribution in [0.3, 0.4) is 0 Å². The molecule has 84 valence electrons. The first-order valence-corrected chi connectivity index (χ1v) is 4.12. The third-order valence-corrected chi connectivity index (χ3v) is 2.28. The molecule has 1 heterocycles. The Kier molecular flexibility index (Phi) is 3.43. The van der Waals surface area contributed by atoms with Gasteiger partial charge in [-0.25, -0.2) is 0 Å². The normalized spacial score (nSPS) is 49.3. The monoisotopic (exact) mass is 210 g/mol. The lowest BCUT2D eigenvalue weighted by molar-refractivity contribution is -0.357. The first-order chi connectivity index (χ1) is 6.46. The van der Waals surface area contributed by atoms with Crippen LogP contribution < -0.4 is 0 Å². The van der Waals surface area contributed by atoms with Gasteiger partial charge in [0.1, 0.15) is 24.4 Å². The Morgan fingerprint density at radius 1 is 1.07 bits per heavy atom. The van der Waals surface area contributed by atoms with E-state index in [1.165, 1.54) is 0 Å². The highest BCUT2D eigenvalue weighted by molar-refractivity contribution is 4.95. The lowest BCUT2D eigenvalue weighted by Gasteiger charge is -2.44. The summed E-state index contributed by atoms with van der Waals surface area (Å²) < 4.78 is 4.66. The lowest BCUT2D eigenvalue weighted by atomic mass is 9.93. The maximum absolute atomic E-state index is 9.43. The van der Waals surface area contributed by atoms with Crippen LogP contribution in [0.5, 0.6) is 0 Å². The summed E-state index contributed by atoms with van der Waals surface area (Å²) in [5.74, 6) is -2.36. The molecule has 7 heteroatoms. The molecule has 1 rings (SSSR count). The average Bonchev–Trinajstić information content (AvgIpc) is 2.20. The molecule has 0 aliphatic carbocycles. The van der Waals surface area contributed by atoms with Crippen molar-refractivity contribution in [3.63, 3.8) is 0 Å². The molecule has 0 radical (unpaired) electrons. The number of rotatable bonds is 2. The zero-order valence-electron chi connectivity index (χ0n) is 7.32. The molecule has 1 aliphatic heterocycles. The summed E-state index contributed by atoms with van der Waals surface area (Å²) in [6, 6.07) is 0. The Morgan fingerprint density at radius 3 is 2.07 bits per heavy atom. The van der Waals surface area contributed by atoms with Crippen LogP contribution in [-0.4, -0.2) is 74.1 Å². The highest BCUT2D eigenvalue weighted by Crippen LogP contribution is 2.27. The molecule has 1 fully saturated rings. The maximum atomic E-state index is 9.43. The van der Waals surface area contributed by atoms with Crippen molar-refractivity contribution in [3.8, 4) is 0 Å². The minimum atomic E-state index is -2.36. The number of aliphatic hydroxyl groups is 6. The molecule has 5 atom stereocenters. The van der Waals surface area contributed by atoms with Crippen LogP contribution in [0, 0.1) is 0 Å². The molecule has 0 aromatic heterocycles. The van der Waals surface area contributed by atoms with Crippen LogP contribution >= 0.6 is 0 Å². The van der Waals surface area contributed by atoms with E-state index < -0.39 is 43.4 Å². The Labute approximate surface area is 79.8 Å². The summed E-state index contributed by atoms with van der Waals surface area (Å²) in [7, 11) is 0. The van der Waals surface area contributed by atoms with Gasteiger partial charge < -0.3 is 35.4 Å². The van der Waals surface area contributed by atoms with Crippen molar-refractivity contribution in [3.05, 3.63) is 0 Å². The maximum Gasteiger partial charge on any atom is 0.219 e. The van der Waals surface area contributed by atoms with E-state index in [1.54, 1.807) is 0 Å². The second kappa shape index (κ2) is 4.07. The van der Waals surface area contributed by atoms with E-state index in [1.807, 2.05) is 0 Å². The number of aliphatic hydroxyl groups excluding tert-OH is 5. The van der Waals surface area contributed by atoms with E-state index in [9.17, 15) is 20.4 Å². The van der Waals surface area contributed by atoms with Crippen molar-refractivity contribution in [2.45, 2.75) is 30.2 Å². The predicted octanol–water partition coefficient (Wildman–Crippen LogP) is -3.86. The van der Waals surface area contributed by atoms with Crippen LogP contribution in [0.1, 0.15) is 0 Å². The standard InChI is InChI=1S/C7H14O7/c8-1-3-4(10)5(11)6(12)7(13,2-9)14-3/h3-6,8-13H,1-2H2/t3-,4-,5+,6-,7?/m1/s1. The van der Waals surface area contributed by atoms with E-state index in [0.717, 1.165) is 0 Å². The minimum Gasteiger partial charge on any atom is -0.394 e. The zero-order chi connectivity index (χ0) is 10.9. The molecule has 0 aromatic rings. The molecular formula is C7H14O7. The summed E-state index contributed by atoms with van der Waals surface area (Å²) in [5.41, 5.74) is 0. The van der Waals surface area contributed by atoms with Crippen molar-refractivity contribution in [2.75, 3.05) is 13.2 Å². The molecular weight excluding hydrogens is 196 g/mol. The van der Waals surface area contributed by atoms with Crippen LogP contribution in [0.25, 0.3) is 0 Å². The van der Waals surface area contributed by atoms with Gasteiger partial charge >= 0.3 is 0 Å². The van der Waals surface area contributed by atoms with Crippen LogP contribution in [0.15, 0.2) is 0 Å². The molecule has 1 unspecified atom stereocenters. The number of ether oxygens (including phenoxy) is 1. The van der Waals surface area contributed by atoms with Gasteiger partial charge in [0.25, 0.3) is 0 Å². The Morgan fingerprint density at radius 2 is 1.64 bits per heavy atom. The summed E-state index contributed by atoms with van der Waals surface area (Å²) >= 11 is 0. The van der Waals surface area contributed by atoms with Gasteiger partial charge in [-0.15, -0.1) is 0 Å². The van der Waals surface area contributed by atoms with Gasteiger partial charge in [0, 0.05) is 0 Å². The first kappa shape index (κ1) is 11.8. The predicted molar refractivity (Wildman–Crippen MR) is 42.0 cm³/mol. The van der Waals surface area contributed by atoms with Crippen LogP contribution in [0.2, 0.25) is 0 Å². The van der Waals surface area contributed by atoms with E-state index in [-0.39, 0.29) is 0 Å². The van der Waals surface area contributed by atoms with Crippen molar-refractivity contribution >= 4 is 0 Å². The molecule has 7 nitrogen and oxygen atoms in total. The SMILES string of the molecule is OC[C@H]1OC(O)(CO)[C@H](O)[C@@H](O)[C@@H]1O. The van der Waals surface area contributed by atoms with Gasteiger partial charge in [-0.3, -0.25) is 0 Å². The van der Waals surface area contributed by atoms with Crippen LogP contribution in [0.4, 0.5) is 0 Å². The number of hydrogen-bond donors (Lipinski definition) is 6. The van der Waals surface area contributed by atoms with E-state index in [4.69, 9.17) is 10.2 Å². The first-order valence-electron chi connectivity index (χ1n) is 4.12. The Balaban J connectivity index is 2.84. The Hall–Kier alpha value is -0.280. The fourth-order valence-corrected chi connectivity index (χ4v) is 1.35. The summed E-state index contributed by atoms with van der Waals surface area (Å²) in [6.07, 6.45) is -6.27. The highest BCUT2D eigenvalue weighted by atomic mass is 16.7. The topological polar surface area (TPSA) is 131 Å². The van der Waals surface area contributed by atoms with E-state index >= 15 is 0 Å². The lowest BCUT2D eigenvalue weighted by Crippen LogP contribution is -2.66. The van der Waals surface area contributed by atoms with Crippen molar-refractivity contribution in [1.29, 1.82) is 0 Å². The van der Waals surface area contributed by atoms with Gasteiger partial charge in [0.2, 0.25) is 5.79 Å². The molecule has 14 heavy (non-hydrogen) atoms. The fourth-order valence-electron chi connectivity index (χ4n) is 1.35. The third-order valence-electron chi connectivity index (χ3n) is 2.28. The van der Waals surface area contributed by atoms with Gasteiger partial charge in [-0.2, -0.15) is 0 Å². The van der Waals surface area contributed by atoms with Gasteiger partial charge in [0.15, 0.2) is 0 Å². The molecule has 0 spiro atoms. The summed E-state index contributed by atoms with van der Waals surface area (Å²) in [5, 5.41) is 54.6. The molecule has 0 aromatic carbocycles. The Bertz CT molecular complexity index is 196. The highest BCUT2D eigenvalue weighted by Gasteiger charge is 2.52. The van der Waals surface area contributed by atoms with Crippen molar-refractivity contribution < 1.29 is 35.4 Å². The van der Waals surface area contributed by atoms with E-state index in [0.29, 0.717) is 0 Å². The van der Waals surface area contributed by atoms with Crippen LogP contribution in [-0.2, 0) is 4.74 Å². The van der Waals surface area contributed by atoms with Gasteiger partial charge in [0.05, 0.1) is 13.2 Å². The van der Waals surface area contributed by atoms with Crippen molar-refractivity contribution in [1.82, 2.24) is 0 Å². The smallest absolute Gasteiger partial charge is 0.219 e. The minimum absolute atomic E-state index is 0.646. The molecule has 0 bridgehead atoms. The van der Waals surface area contributed by atoms with Gasteiger partial charge in [-0.05, 0) is 0 Å². The molecule has 1 saturated heterocycles. The molecule has 1 aliphatic rings. The second-order valence-electron chi connectivity index (χ2n) is 3.27. The largest absolute Gasteiger partial charge is 0.394 e. The van der Waals surface area contributed by atoms with Gasteiger partial charge in [-0.1, -0.05) is 0 Å². The zero-order valence-corrected chi connectivity index (χ0v) is 7.32. The summed E-state index contributed by atoms with van der Waals surface area (Å²) in [6.45, 7) is -1.60. The number of hydrogen-bond acceptors (Lipinski definition) is 7. The summed E-state index contributed by atoms with van der Waals surface area (Å²) in [4.78, 5) is 0. The molecule has 0 amide bonds. The average molecular weight is 210 g/mol. The molecule has 0 saturated carbocycles.